The average molecular weight is 326 g/mol. The summed E-state index contributed by atoms with van der Waals surface area (Å²) in [7, 11) is 0. The molecule has 0 N–H and O–H groups in total. The molecule has 1 rings (SSSR count). The van der Waals surface area contributed by atoms with E-state index < -0.39 is 0 Å². The van der Waals surface area contributed by atoms with Crippen molar-refractivity contribution < 1.29 is 21.5 Å². The molecule has 0 unspecified atom stereocenters. The van der Waals surface area contributed by atoms with Gasteiger partial charge >= 0.3 is 0 Å². The van der Waals surface area contributed by atoms with Crippen molar-refractivity contribution in [1.29, 1.82) is 0 Å². The van der Waals surface area contributed by atoms with Crippen LogP contribution in [0.1, 0.15) is 44.7 Å². The second-order valence-electron chi connectivity index (χ2n) is 5.21. The molecule has 2 heteroatoms. The molecule has 1 aromatic rings. The molecule has 108 valence electrons. The maximum Gasteiger partial charge on any atom is 0.104 e. The first-order chi connectivity index (χ1) is 8.69. The van der Waals surface area contributed by atoms with Gasteiger partial charge in [0, 0.05) is 5.56 Å². The molecule has 0 aliphatic carbocycles. The first-order valence-electron chi connectivity index (χ1n) is 7.26. The zero-order valence-corrected chi connectivity index (χ0v) is 14.2. The van der Waals surface area contributed by atoms with Crippen molar-refractivity contribution in [1.82, 2.24) is 0 Å². The molecule has 19 heavy (non-hydrogen) atoms. The van der Waals surface area contributed by atoms with Crippen LogP contribution in [0.2, 0.25) is 0 Å². The smallest absolute Gasteiger partial charge is 0.104 e. The molecule has 0 heterocycles. The van der Waals surface area contributed by atoms with Crippen molar-refractivity contribution >= 4 is 6.08 Å². The molecular weight excluding hydrogens is 298 g/mol. The van der Waals surface area contributed by atoms with Crippen LogP contribution in [0.5, 0.6) is 0 Å². The Hall–Kier alpha value is -0.600. The van der Waals surface area contributed by atoms with Gasteiger partial charge in [0.1, 0.15) is 6.54 Å². The molecular formula is C17H28BrN. The van der Waals surface area contributed by atoms with Crippen LogP contribution >= 0.6 is 0 Å². The van der Waals surface area contributed by atoms with Crippen LogP contribution in [0.3, 0.4) is 0 Å². The van der Waals surface area contributed by atoms with Crippen molar-refractivity contribution in [3.8, 4) is 0 Å². The Morgan fingerprint density at radius 2 is 1.74 bits per heavy atom. The van der Waals surface area contributed by atoms with Crippen LogP contribution in [-0.2, 0) is 6.54 Å². The van der Waals surface area contributed by atoms with Crippen LogP contribution in [-0.4, -0.2) is 24.1 Å². The van der Waals surface area contributed by atoms with E-state index in [0.717, 1.165) is 6.54 Å². The van der Waals surface area contributed by atoms with E-state index in [1.807, 2.05) is 6.08 Å². The van der Waals surface area contributed by atoms with E-state index in [1.165, 1.54) is 48.1 Å². The van der Waals surface area contributed by atoms with Gasteiger partial charge in [-0.2, -0.15) is 0 Å². The van der Waals surface area contributed by atoms with E-state index in [0.29, 0.717) is 0 Å². The van der Waals surface area contributed by atoms with E-state index in [1.54, 1.807) is 0 Å². The van der Waals surface area contributed by atoms with Gasteiger partial charge in [-0.1, -0.05) is 44.7 Å². The van der Waals surface area contributed by atoms with E-state index in [2.05, 4.69) is 51.6 Å². The number of nitrogens with zero attached hydrogens (tertiary/aromatic N) is 1. The Kier molecular flexibility index (Phi) is 9.03. The lowest BCUT2D eigenvalue weighted by Gasteiger charge is -2.37. The van der Waals surface area contributed by atoms with Crippen molar-refractivity contribution in [2.75, 3.05) is 19.6 Å². The summed E-state index contributed by atoms with van der Waals surface area (Å²) in [6, 6.07) is 8.80. The molecule has 0 aliphatic rings. The Morgan fingerprint density at radius 1 is 1.11 bits per heavy atom. The first-order valence-corrected chi connectivity index (χ1v) is 7.26. The lowest BCUT2D eigenvalue weighted by Crippen LogP contribution is -3.00. The van der Waals surface area contributed by atoms with Gasteiger partial charge in [-0.3, -0.25) is 0 Å². The van der Waals surface area contributed by atoms with Gasteiger partial charge in [0.25, 0.3) is 0 Å². The van der Waals surface area contributed by atoms with Crippen LogP contribution in [0.25, 0.3) is 6.08 Å². The van der Waals surface area contributed by atoms with E-state index in [-0.39, 0.29) is 17.0 Å². The molecule has 0 bridgehead atoms. The summed E-state index contributed by atoms with van der Waals surface area (Å²) in [4.78, 5) is 0. The molecule has 0 atom stereocenters. The van der Waals surface area contributed by atoms with Crippen LogP contribution < -0.4 is 17.0 Å². The number of rotatable bonds is 8. The number of hydrogen-bond donors (Lipinski definition) is 0. The zero-order valence-electron chi connectivity index (χ0n) is 12.7. The maximum atomic E-state index is 3.86. The number of benzene rings is 1. The molecule has 1 aromatic carbocycles. The predicted octanol–water partition coefficient (Wildman–Crippen LogP) is 1.49. The maximum absolute atomic E-state index is 3.86. The van der Waals surface area contributed by atoms with Crippen molar-refractivity contribution in [3.63, 3.8) is 0 Å². The van der Waals surface area contributed by atoms with Gasteiger partial charge < -0.3 is 21.5 Å². The van der Waals surface area contributed by atoms with Gasteiger partial charge in [-0.15, -0.1) is 0 Å². The number of hydrogen-bond acceptors (Lipinski definition) is 0. The largest absolute Gasteiger partial charge is 1.00 e. The molecule has 0 fully saturated rings. The van der Waals surface area contributed by atoms with Gasteiger partial charge in [0.05, 0.1) is 19.6 Å². The Labute approximate surface area is 129 Å². The third kappa shape index (κ3) is 5.50. The third-order valence-electron chi connectivity index (χ3n) is 3.77. The first kappa shape index (κ1) is 18.4. The van der Waals surface area contributed by atoms with Gasteiger partial charge in [-0.25, -0.2) is 0 Å². The lowest BCUT2D eigenvalue weighted by molar-refractivity contribution is -0.939. The fourth-order valence-electron chi connectivity index (χ4n) is 2.85. The standard InChI is InChI=1S/C17H28N.BrH/c1-5-12-18(8-4,13-6-2)15-17-11-9-10-16(7-3)14-17;/h7,9-11,14H,3,5-6,8,12-13,15H2,1-2,4H3;1H/q+1;/p-1. The highest BCUT2D eigenvalue weighted by Gasteiger charge is 2.23. The average Bonchev–Trinajstić information content (AvgIpc) is 2.39. The second kappa shape index (κ2) is 9.33. The predicted molar refractivity (Wildman–Crippen MR) is 81.4 cm³/mol. The fraction of sp³-hybridized carbons (Fsp3) is 0.529. The molecule has 0 saturated carbocycles. The van der Waals surface area contributed by atoms with Crippen LogP contribution in [0.15, 0.2) is 30.8 Å². The normalized spacial score (nSPS) is 10.9. The van der Waals surface area contributed by atoms with Gasteiger partial charge in [-0.05, 0) is 31.4 Å². The highest BCUT2D eigenvalue weighted by Crippen LogP contribution is 2.18. The van der Waals surface area contributed by atoms with E-state index in [4.69, 9.17) is 0 Å². The molecule has 1 nitrogen and oxygen atoms in total. The van der Waals surface area contributed by atoms with Gasteiger partial charge in [0.2, 0.25) is 0 Å². The Morgan fingerprint density at radius 3 is 2.21 bits per heavy atom. The molecule has 0 aliphatic heterocycles. The minimum atomic E-state index is 0. The topological polar surface area (TPSA) is 0 Å². The van der Waals surface area contributed by atoms with Crippen molar-refractivity contribution in [2.45, 2.75) is 40.2 Å². The number of quaternary nitrogens is 1. The van der Waals surface area contributed by atoms with E-state index in [9.17, 15) is 0 Å². The van der Waals surface area contributed by atoms with E-state index >= 15 is 0 Å². The second-order valence-corrected chi connectivity index (χ2v) is 5.21. The summed E-state index contributed by atoms with van der Waals surface area (Å²) in [6.07, 6.45) is 4.45. The monoisotopic (exact) mass is 325 g/mol. The SMILES string of the molecule is C=Cc1cccc(C[N+](CC)(CCC)CCC)c1.[Br-]. The van der Waals surface area contributed by atoms with Gasteiger partial charge in [0.15, 0.2) is 0 Å². The minimum Gasteiger partial charge on any atom is -1.00 e. The molecule has 0 radical (unpaired) electrons. The summed E-state index contributed by atoms with van der Waals surface area (Å²) in [5, 5.41) is 0. The van der Waals surface area contributed by atoms with Crippen molar-refractivity contribution in [2.24, 2.45) is 0 Å². The molecule has 0 amide bonds. The molecule has 0 aromatic heterocycles. The zero-order chi connectivity index (χ0) is 13.4. The Bertz CT molecular complexity index is 367. The summed E-state index contributed by atoms with van der Waals surface area (Å²) in [6.45, 7) is 15.7. The Balaban J connectivity index is 0.00000324. The summed E-state index contributed by atoms with van der Waals surface area (Å²) >= 11 is 0. The summed E-state index contributed by atoms with van der Waals surface area (Å²) in [5.74, 6) is 0. The fourth-order valence-corrected chi connectivity index (χ4v) is 2.85. The quantitative estimate of drug-likeness (QED) is 0.635. The van der Waals surface area contributed by atoms with Crippen molar-refractivity contribution in [3.05, 3.63) is 42.0 Å². The number of halogens is 1. The van der Waals surface area contributed by atoms with Crippen LogP contribution in [0, 0.1) is 0 Å². The molecule has 0 spiro atoms. The molecule has 0 saturated heterocycles. The highest BCUT2D eigenvalue weighted by molar-refractivity contribution is 5.47. The lowest BCUT2D eigenvalue weighted by atomic mass is 10.1. The third-order valence-corrected chi connectivity index (χ3v) is 3.77. The summed E-state index contributed by atoms with van der Waals surface area (Å²) < 4.78 is 1.22. The highest BCUT2D eigenvalue weighted by atomic mass is 79.9. The van der Waals surface area contributed by atoms with Crippen LogP contribution in [0.4, 0.5) is 0 Å². The minimum absolute atomic E-state index is 0. The summed E-state index contributed by atoms with van der Waals surface area (Å²) in [5.41, 5.74) is 2.67.